The van der Waals surface area contributed by atoms with Gasteiger partial charge in [-0.2, -0.15) is 0 Å². The molecule has 0 fully saturated rings. The predicted octanol–water partition coefficient (Wildman–Crippen LogP) is 3.38. The molecule has 3 aromatic rings. The number of nitrogens with one attached hydrogen (secondary N) is 1. The number of rotatable bonds is 5. The maximum Gasteiger partial charge on any atom is 0.274 e. The number of benzene rings is 1. The topological polar surface area (TPSA) is 81.2 Å². The molecule has 1 aromatic carbocycles. The summed E-state index contributed by atoms with van der Waals surface area (Å²) in [7, 11) is 0. The van der Waals surface area contributed by atoms with Crippen LogP contribution in [-0.4, -0.2) is 16.2 Å². The number of hydrogen-bond acceptors (Lipinski definition) is 5. The van der Waals surface area contributed by atoms with Crippen molar-refractivity contribution >= 4 is 5.91 Å². The maximum atomic E-state index is 12.3. The van der Waals surface area contributed by atoms with Crippen LogP contribution in [0.25, 0.3) is 11.3 Å². The van der Waals surface area contributed by atoms with Crippen LogP contribution in [0.5, 0.6) is 0 Å². The second-order valence-electron chi connectivity index (χ2n) is 5.21. The number of hydrogen-bond donors (Lipinski definition) is 1. The normalized spacial score (nSPS) is 12.1. The fourth-order valence-corrected chi connectivity index (χ4v) is 2.16. The van der Waals surface area contributed by atoms with Crippen LogP contribution in [-0.2, 0) is 6.42 Å². The Morgan fingerprint density at radius 3 is 2.65 bits per heavy atom. The van der Waals surface area contributed by atoms with Crippen molar-refractivity contribution in [3.8, 4) is 11.3 Å². The first-order valence-electron chi connectivity index (χ1n) is 7.46. The number of aryl methyl sites for hydroxylation is 1. The number of carbonyl (C=O) groups excluding carboxylic acids is 1. The van der Waals surface area contributed by atoms with E-state index in [0.717, 1.165) is 17.7 Å². The van der Waals surface area contributed by atoms with Gasteiger partial charge in [-0.05, 0) is 13.3 Å². The van der Waals surface area contributed by atoms with Crippen LogP contribution in [0.3, 0.4) is 0 Å². The van der Waals surface area contributed by atoms with Gasteiger partial charge in [0, 0.05) is 17.7 Å². The first kappa shape index (κ1) is 15.0. The summed E-state index contributed by atoms with van der Waals surface area (Å²) < 4.78 is 10.5. The first-order chi connectivity index (χ1) is 11.2. The Hall–Kier alpha value is -2.89. The molecule has 6 nitrogen and oxygen atoms in total. The molecule has 0 aliphatic heterocycles. The van der Waals surface area contributed by atoms with Crippen LogP contribution in [0.4, 0.5) is 0 Å². The van der Waals surface area contributed by atoms with Gasteiger partial charge in [0.15, 0.2) is 17.2 Å². The summed E-state index contributed by atoms with van der Waals surface area (Å²) in [6.45, 7) is 3.82. The highest BCUT2D eigenvalue weighted by atomic mass is 16.5. The van der Waals surface area contributed by atoms with Gasteiger partial charge in [0.05, 0.1) is 11.7 Å². The standard InChI is InChI=1S/C17H17N3O3/c1-3-13-9-15(22-19-13)11(2)18-17(21)14-10-16(23-20-14)12-7-5-4-6-8-12/h4-11H,3H2,1-2H3,(H,18,21). The van der Waals surface area contributed by atoms with Crippen molar-refractivity contribution in [3.05, 3.63) is 59.6 Å². The van der Waals surface area contributed by atoms with Crippen LogP contribution in [0, 0.1) is 0 Å². The second kappa shape index (κ2) is 6.48. The Labute approximate surface area is 133 Å². The number of aromatic nitrogens is 2. The summed E-state index contributed by atoms with van der Waals surface area (Å²) in [6.07, 6.45) is 0.786. The third kappa shape index (κ3) is 3.31. The summed E-state index contributed by atoms with van der Waals surface area (Å²) in [4.78, 5) is 12.3. The van der Waals surface area contributed by atoms with Gasteiger partial charge in [-0.1, -0.05) is 47.6 Å². The molecule has 1 atom stereocenters. The van der Waals surface area contributed by atoms with Crippen LogP contribution in [0.1, 0.15) is 41.8 Å². The fourth-order valence-electron chi connectivity index (χ4n) is 2.16. The third-order valence-corrected chi connectivity index (χ3v) is 3.51. The van der Waals surface area contributed by atoms with Crippen LogP contribution in [0.15, 0.2) is 51.5 Å². The van der Waals surface area contributed by atoms with E-state index in [2.05, 4.69) is 15.6 Å². The van der Waals surface area contributed by atoms with E-state index in [1.807, 2.05) is 50.2 Å². The lowest BCUT2D eigenvalue weighted by Crippen LogP contribution is -2.26. The van der Waals surface area contributed by atoms with Gasteiger partial charge in [-0.15, -0.1) is 0 Å². The minimum atomic E-state index is -0.321. The lowest BCUT2D eigenvalue weighted by atomic mass is 10.1. The summed E-state index contributed by atoms with van der Waals surface area (Å²) >= 11 is 0. The SMILES string of the molecule is CCc1cc(C(C)NC(=O)c2cc(-c3ccccc3)on2)on1. The van der Waals surface area contributed by atoms with Crippen LogP contribution in [0.2, 0.25) is 0 Å². The van der Waals surface area contributed by atoms with Crippen molar-refractivity contribution < 1.29 is 13.8 Å². The van der Waals surface area contributed by atoms with Gasteiger partial charge < -0.3 is 14.4 Å². The summed E-state index contributed by atoms with van der Waals surface area (Å²) in [5.74, 6) is 0.844. The first-order valence-corrected chi connectivity index (χ1v) is 7.46. The lowest BCUT2D eigenvalue weighted by molar-refractivity contribution is 0.0924. The summed E-state index contributed by atoms with van der Waals surface area (Å²) in [5.41, 5.74) is 1.95. The molecule has 23 heavy (non-hydrogen) atoms. The monoisotopic (exact) mass is 311 g/mol. The van der Waals surface area contributed by atoms with Crippen LogP contribution >= 0.6 is 0 Å². The van der Waals surface area contributed by atoms with Gasteiger partial charge in [0.2, 0.25) is 0 Å². The molecule has 0 aliphatic rings. The molecule has 118 valence electrons. The smallest absolute Gasteiger partial charge is 0.274 e. The molecule has 6 heteroatoms. The molecule has 3 rings (SSSR count). The molecule has 1 amide bonds. The minimum Gasteiger partial charge on any atom is -0.359 e. The van der Waals surface area contributed by atoms with Gasteiger partial charge in [0.25, 0.3) is 5.91 Å². The zero-order valence-corrected chi connectivity index (χ0v) is 12.9. The highest BCUT2D eigenvalue weighted by Crippen LogP contribution is 2.20. The Morgan fingerprint density at radius 2 is 1.96 bits per heavy atom. The lowest BCUT2D eigenvalue weighted by Gasteiger charge is -2.08. The molecule has 0 radical (unpaired) electrons. The van der Waals surface area contributed by atoms with E-state index in [9.17, 15) is 4.79 Å². The molecule has 2 heterocycles. The van der Waals surface area contributed by atoms with E-state index < -0.39 is 0 Å². The van der Waals surface area contributed by atoms with Gasteiger partial charge in [0.1, 0.15) is 0 Å². The largest absolute Gasteiger partial charge is 0.359 e. The predicted molar refractivity (Wildman–Crippen MR) is 83.7 cm³/mol. The molecule has 0 saturated heterocycles. The molecule has 0 saturated carbocycles. The van der Waals surface area contributed by atoms with E-state index in [-0.39, 0.29) is 17.6 Å². The van der Waals surface area contributed by atoms with Crippen molar-refractivity contribution in [2.75, 3.05) is 0 Å². The summed E-state index contributed by atoms with van der Waals surface area (Å²) in [6, 6.07) is 12.7. The van der Waals surface area contributed by atoms with Gasteiger partial charge >= 0.3 is 0 Å². The average Bonchev–Trinajstić information content (AvgIpc) is 3.25. The van der Waals surface area contributed by atoms with Crippen molar-refractivity contribution in [2.24, 2.45) is 0 Å². The molecule has 1 N–H and O–H groups in total. The second-order valence-corrected chi connectivity index (χ2v) is 5.21. The number of nitrogens with zero attached hydrogens (tertiary/aromatic N) is 2. The van der Waals surface area contributed by atoms with Gasteiger partial charge in [-0.25, -0.2) is 0 Å². The highest BCUT2D eigenvalue weighted by Gasteiger charge is 2.19. The van der Waals surface area contributed by atoms with Crippen LogP contribution < -0.4 is 5.32 Å². The zero-order valence-electron chi connectivity index (χ0n) is 12.9. The Bertz CT molecular complexity index is 792. The Morgan fingerprint density at radius 1 is 1.17 bits per heavy atom. The number of amides is 1. The molecule has 0 aliphatic carbocycles. The molecule has 1 unspecified atom stereocenters. The van der Waals surface area contributed by atoms with E-state index in [4.69, 9.17) is 9.05 Å². The van der Waals surface area contributed by atoms with E-state index in [1.54, 1.807) is 6.07 Å². The third-order valence-electron chi connectivity index (χ3n) is 3.51. The van der Waals surface area contributed by atoms with Crippen molar-refractivity contribution in [3.63, 3.8) is 0 Å². The molecule has 0 spiro atoms. The average molecular weight is 311 g/mol. The zero-order chi connectivity index (χ0) is 16.2. The summed E-state index contributed by atoms with van der Waals surface area (Å²) in [5, 5.41) is 10.6. The molecule has 2 aromatic heterocycles. The molecular formula is C17H17N3O3. The highest BCUT2D eigenvalue weighted by molar-refractivity contribution is 5.93. The quantitative estimate of drug-likeness (QED) is 0.781. The maximum absolute atomic E-state index is 12.3. The van der Waals surface area contributed by atoms with E-state index in [0.29, 0.717) is 11.5 Å². The minimum absolute atomic E-state index is 0.228. The molecular weight excluding hydrogens is 294 g/mol. The van der Waals surface area contributed by atoms with Crippen molar-refractivity contribution in [1.82, 2.24) is 15.6 Å². The molecule has 0 bridgehead atoms. The van der Waals surface area contributed by atoms with Crippen molar-refractivity contribution in [1.29, 1.82) is 0 Å². The fraction of sp³-hybridized carbons (Fsp3) is 0.235. The Balaban J connectivity index is 1.70. The van der Waals surface area contributed by atoms with Gasteiger partial charge in [-0.3, -0.25) is 4.79 Å². The Kier molecular flexibility index (Phi) is 4.23. The van der Waals surface area contributed by atoms with Crippen molar-refractivity contribution in [2.45, 2.75) is 26.3 Å². The number of carbonyl (C=O) groups is 1. The van der Waals surface area contributed by atoms with E-state index in [1.165, 1.54) is 0 Å². The van der Waals surface area contributed by atoms with E-state index >= 15 is 0 Å².